The Morgan fingerprint density at radius 2 is 1.65 bits per heavy atom. The second kappa shape index (κ2) is 7.45. The Labute approximate surface area is 134 Å². The van der Waals surface area contributed by atoms with Crippen LogP contribution in [0.4, 0.5) is 0 Å². The van der Waals surface area contributed by atoms with Crippen LogP contribution >= 0.6 is 0 Å². The van der Waals surface area contributed by atoms with Gasteiger partial charge in [0.25, 0.3) is 5.91 Å². The van der Waals surface area contributed by atoms with E-state index in [0.717, 1.165) is 5.56 Å². The van der Waals surface area contributed by atoms with Crippen molar-refractivity contribution in [1.82, 2.24) is 5.32 Å². The van der Waals surface area contributed by atoms with Crippen molar-refractivity contribution in [2.24, 2.45) is 0 Å². The molecule has 120 valence electrons. The highest BCUT2D eigenvalue weighted by Gasteiger charge is 2.30. The number of amides is 1. The number of carbonyl (C=O) groups excluding carboxylic acids is 1. The van der Waals surface area contributed by atoms with Crippen molar-refractivity contribution in [3.63, 3.8) is 0 Å². The van der Waals surface area contributed by atoms with Gasteiger partial charge in [0.15, 0.2) is 0 Å². The lowest BCUT2D eigenvalue weighted by atomic mass is 9.88. The molecule has 0 saturated carbocycles. The fraction of sp³-hybridized carbons (Fsp3) is 0.222. The average molecular weight is 313 g/mol. The number of benzene rings is 2. The first-order valence-corrected chi connectivity index (χ1v) is 7.40. The van der Waals surface area contributed by atoms with Gasteiger partial charge in [-0.2, -0.15) is 0 Å². The molecular weight excluding hydrogens is 294 g/mol. The maximum absolute atomic E-state index is 12.3. The van der Waals surface area contributed by atoms with Gasteiger partial charge in [0.1, 0.15) is 11.8 Å². The molecule has 0 aliphatic rings. The summed E-state index contributed by atoms with van der Waals surface area (Å²) < 4.78 is 0. The molecule has 0 bridgehead atoms. The normalized spacial score (nSPS) is 13.1. The number of carboxylic acids is 1. The number of carbonyl (C=O) groups is 2. The summed E-state index contributed by atoms with van der Waals surface area (Å²) in [7, 11) is 0. The van der Waals surface area contributed by atoms with Crippen LogP contribution in [-0.2, 0) is 4.79 Å². The van der Waals surface area contributed by atoms with Crippen molar-refractivity contribution in [2.45, 2.75) is 25.3 Å². The number of nitrogens with one attached hydrogen (secondary N) is 1. The molecule has 2 rings (SSSR count). The number of phenols is 1. The van der Waals surface area contributed by atoms with E-state index in [2.05, 4.69) is 5.32 Å². The zero-order valence-electron chi connectivity index (χ0n) is 12.8. The number of phenolic OH excluding ortho intramolecular Hbond substituents is 1. The van der Waals surface area contributed by atoms with Crippen LogP contribution in [-0.4, -0.2) is 28.1 Å². The Morgan fingerprint density at radius 1 is 1.04 bits per heavy atom. The lowest BCUT2D eigenvalue weighted by Gasteiger charge is -2.24. The summed E-state index contributed by atoms with van der Waals surface area (Å²) in [6.07, 6.45) is 0.539. The first-order chi connectivity index (χ1) is 11.0. The zero-order chi connectivity index (χ0) is 16.8. The van der Waals surface area contributed by atoms with E-state index in [1.165, 1.54) is 12.1 Å². The molecule has 2 atom stereocenters. The Morgan fingerprint density at radius 3 is 2.17 bits per heavy atom. The monoisotopic (exact) mass is 313 g/mol. The highest BCUT2D eigenvalue weighted by Crippen LogP contribution is 2.25. The highest BCUT2D eigenvalue weighted by atomic mass is 16.4. The van der Waals surface area contributed by atoms with Crippen molar-refractivity contribution < 1.29 is 19.8 Å². The first-order valence-electron chi connectivity index (χ1n) is 7.40. The van der Waals surface area contributed by atoms with Gasteiger partial charge in [-0.25, -0.2) is 4.79 Å². The standard InChI is InChI=1S/C18H19NO4/c1-2-15(12-8-10-14(20)11-9-12)16(18(22)23)19-17(21)13-6-4-3-5-7-13/h3-11,15-16,20H,2H2,1H3,(H,19,21)(H,22,23). The van der Waals surface area contributed by atoms with Crippen molar-refractivity contribution in [1.29, 1.82) is 0 Å². The molecule has 0 radical (unpaired) electrons. The molecule has 2 unspecified atom stereocenters. The molecule has 0 fully saturated rings. The highest BCUT2D eigenvalue weighted by molar-refractivity contribution is 5.96. The van der Waals surface area contributed by atoms with E-state index < -0.39 is 17.9 Å². The quantitative estimate of drug-likeness (QED) is 0.765. The van der Waals surface area contributed by atoms with Gasteiger partial charge in [-0.15, -0.1) is 0 Å². The summed E-state index contributed by atoms with van der Waals surface area (Å²) in [4.78, 5) is 23.9. The summed E-state index contributed by atoms with van der Waals surface area (Å²) in [5, 5.41) is 21.5. The minimum Gasteiger partial charge on any atom is -0.508 e. The van der Waals surface area contributed by atoms with Crippen LogP contribution in [0.1, 0.15) is 35.2 Å². The topological polar surface area (TPSA) is 86.6 Å². The Hall–Kier alpha value is -2.82. The van der Waals surface area contributed by atoms with E-state index in [0.29, 0.717) is 12.0 Å². The number of hydrogen-bond acceptors (Lipinski definition) is 3. The molecule has 0 spiro atoms. The zero-order valence-corrected chi connectivity index (χ0v) is 12.8. The predicted octanol–water partition coefficient (Wildman–Crippen LogP) is 2.77. The van der Waals surface area contributed by atoms with Crippen LogP contribution in [0.15, 0.2) is 54.6 Å². The lowest BCUT2D eigenvalue weighted by molar-refractivity contribution is -0.139. The van der Waals surface area contributed by atoms with E-state index in [-0.39, 0.29) is 11.7 Å². The molecule has 0 aliphatic heterocycles. The Balaban J connectivity index is 2.24. The second-order valence-corrected chi connectivity index (χ2v) is 5.26. The van der Waals surface area contributed by atoms with Gasteiger partial charge >= 0.3 is 5.97 Å². The van der Waals surface area contributed by atoms with Crippen LogP contribution in [0.25, 0.3) is 0 Å². The molecule has 5 nitrogen and oxygen atoms in total. The molecule has 0 heterocycles. The third-order valence-corrected chi connectivity index (χ3v) is 3.75. The van der Waals surface area contributed by atoms with Crippen LogP contribution in [0.3, 0.4) is 0 Å². The van der Waals surface area contributed by atoms with Crippen LogP contribution in [0, 0.1) is 0 Å². The van der Waals surface area contributed by atoms with Gasteiger partial charge < -0.3 is 15.5 Å². The maximum atomic E-state index is 12.3. The predicted molar refractivity (Wildman–Crippen MR) is 86.5 cm³/mol. The Kier molecular flexibility index (Phi) is 5.36. The molecule has 0 aromatic heterocycles. The van der Waals surface area contributed by atoms with E-state index in [9.17, 15) is 19.8 Å². The molecule has 0 aliphatic carbocycles. The van der Waals surface area contributed by atoms with Crippen LogP contribution in [0.5, 0.6) is 5.75 Å². The fourth-order valence-electron chi connectivity index (χ4n) is 2.53. The third-order valence-electron chi connectivity index (χ3n) is 3.75. The van der Waals surface area contributed by atoms with Gasteiger partial charge in [-0.3, -0.25) is 4.79 Å². The lowest BCUT2D eigenvalue weighted by Crippen LogP contribution is -2.44. The van der Waals surface area contributed by atoms with Crippen molar-refractivity contribution >= 4 is 11.9 Å². The van der Waals surface area contributed by atoms with Crippen molar-refractivity contribution in [2.75, 3.05) is 0 Å². The van der Waals surface area contributed by atoms with Gasteiger partial charge in [0.05, 0.1) is 0 Å². The largest absolute Gasteiger partial charge is 0.508 e. The summed E-state index contributed by atoms with van der Waals surface area (Å²) in [6.45, 7) is 1.86. The number of aliphatic carboxylic acids is 1. The fourth-order valence-corrected chi connectivity index (χ4v) is 2.53. The van der Waals surface area contributed by atoms with Gasteiger partial charge in [0.2, 0.25) is 0 Å². The molecule has 23 heavy (non-hydrogen) atoms. The average Bonchev–Trinajstić information content (AvgIpc) is 2.56. The molecular formula is C18H19NO4. The number of rotatable bonds is 6. The number of carboxylic acid groups (broad SMARTS) is 1. The SMILES string of the molecule is CCC(c1ccc(O)cc1)C(NC(=O)c1ccccc1)C(=O)O. The summed E-state index contributed by atoms with van der Waals surface area (Å²) in [5.41, 5.74) is 1.17. The molecule has 3 N–H and O–H groups in total. The minimum absolute atomic E-state index is 0.115. The van der Waals surface area contributed by atoms with Crippen LogP contribution in [0.2, 0.25) is 0 Å². The molecule has 5 heteroatoms. The van der Waals surface area contributed by atoms with Gasteiger partial charge in [-0.05, 0) is 36.2 Å². The summed E-state index contributed by atoms with van der Waals surface area (Å²) >= 11 is 0. The van der Waals surface area contributed by atoms with E-state index >= 15 is 0 Å². The van der Waals surface area contributed by atoms with Gasteiger partial charge in [-0.1, -0.05) is 37.3 Å². The first kappa shape index (κ1) is 16.5. The molecule has 0 saturated heterocycles. The van der Waals surface area contributed by atoms with E-state index in [1.807, 2.05) is 6.92 Å². The van der Waals surface area contributed by atoms with Crippen molar-refractivity contribution in [3.05, 3.63) is 65.7 Å². The van der Waals surface area contributed by atoms with Crippen LogP contribution < -0.4 is 5.32 Å². The maximum Gasteiger partial charge on any atom is 0.326 e. The minimum atomic E-state index is -1.09. The molecule has 1 amide bonds. The molecule has 2 aromatic rings. The van der Waals surface area contributed by atoms with Gasteiger partial charge in [0, 0.05) is 11.5 Å². The third kappa shape index (κ3) is 4.10. The number of aromatic hydroxyl groups is 1. The second-order valence-electron chi connectivity index (χ2n) is 5.26. The molecule has 2 aromatic carbocycles. The Bertz CT molecular complexity index is 667. The van der Waals surface area contributed by atoms with E-state index in [1.54, 1.807) is 42.5 Å². The smallest absolute Gasteiger partial charge is 0.326 e. The van der Waals surface area contributed by atoms with E-state index in [4.69, 9.17) is 0 Å². The summed E-state index contributed by atoms with van der Waals surface area (Å²) in [6, 6.07) is 13.8. The van der Waals surface area contributed by atoms with Crippen molar-refractivity contribution in [3.8, 4) is 5.75 Å². The summed E-state index contributed by atoms with van der Waals surface area (Å²) in [5.74, 6) is -1.78. The number of hydrogen-bond donors (Lipinski definition) is 3.